The van der Waals surface area contributed by atoms with Crippen LogP contribution in [0.25, 0.3) is 0 Å². The van der Waals surface area contributed by atoms with E-state index in [4.69, 9.17) is 11.5 Å². The molecule has 2 aromatic rings. The van der Waals surface area contributed by atoms with Crippen LogP contribution < -0.4 is 27.4 Å². The Balaban J connectivity index is 1.22. The van der Waals surface area contributed by atoms with Crippen LogP contribution in [-0.4, -0.2) is 86.7 Å². The second kappa shape index (κ2) is 9.49. The molecule has 5 atom stereocenters. The molecule has 13 nitrogen and oxygen atoms in total. The summed E-state index contributed by atoms with van der Waals surface area (Å²) in [4.78, 5) is 45.0. The van der Waals surface area contributed by atoms with E-state index in [2.05, 4.69) is 42.0 Å². The number of aliphatic hydroxyl groups excluding tert-OH is 1. The molecule has 4 aliphatic rings. The fraction of sp³-hybridized carbons (Fsp3) is 0.462. The van der Waals surface area contributed by atoms with Crippen molar-refractivity contribution in [3.63, 3.8) is 0 Å². The molecule has 0 bridgehead atoms. The van der Waals surface area contributed by atoms with Crippen LogP contribution in [0.1, 0.15) is 50.5 Å². The first-order valence-corrected chi connectivity index (χ1v) is 13.2. The Hall–Kier alpha value is -4.26. The number of amides is 2. The Morgan fingerprint density at radius 1 is 1.18 bits per heavy atom. The van der Waals surface area contributed by atoms with Gasteiger partial charge in [0, 0.05) is 24.3 Å². The average molecular weight is 533 g/mol. The Morgan fingerprint density at radius 3 is 2.82 bits per heavy atom. The lowest BCUT2D eigenvalue weighted by Gasteiger charge is -2.46. The number of nitrogens with one attached hydrogen (secondary N) is 3. The van der Waals surface area contributed by atoms with Gasteiger partial charge in [-0.3, -0.25) is 9.59 Å². The number of nitrogens with two attached hydrogens (primary N) is 2. The molecule has 1 aliphatic carbocycles. The molecule has 1 aromatic carbocycles. The van der Waals surface area contributed by atoms with Crippen LogP contribution >= 0.6 is 0 Å². The van der Waals surface area contributed by atoms with Gasteiger partial charge in [0.25, 0.3) is 11.8 Å². The summed E-state index contributed by atoms with van der Waals surface area (Å²) >= 11 is 0. The molecule has 0 radical (unpaired) electrons. The number of nitrogens with zero attached hydrogens (tertiary/aromatic N) is 5. The van der Waals surface area contributed by atoms with Gasteiger partial charge in [0.15, 0.2) is 17.6 Å². The molecule has 1 fully saturated rings. The van der Waals surface area contributed by atoms with Gasteiger partial charge < -0.3 is 37.4 Å². The van der Waals surface area contributed by atoms with Gasteiger partial charge in [-0.2, -0.15) is 0 Å². The summed E-state index contributed by atoms with van der Waals surface area (Å²) in [6.45, 7) is 2.07. The molecule has 2 amide bonds. The van der Waals surface area contributed by atoms with Crippen molar-refractivity contribution < 1.29 is 14.7 Å². The Labute approximate surface area is 225 Å². The summed E-state index contributed by atoms with van der Waals surface area (Å²) in [6.07, 6.45) is 4.19. The number of aryl methyl sites for hydroxylation is 2. The van der Waals surface area contributed by atoms with E-state index in [0.717, 1.165) is 31.2 Å². The molecule has 3 unspecified atom stereocenters. The number of aliphatic imine (C=N–C) groups is 2. The van der Waals surface area contributed by atoms with Crippen molar-refractivity contribution in [3.05, 3.63) is 58.7 Å². The van der Waals surface area contributed by atoms with Crippen molar-refractivity contribution >= 4 is 23.7 Å². The zero-order chi connectivity index (χ0) is 27.3. The van der Waals surface area contributed by atoms with Crippen LogP contribution in [0.4, 0.5) is 0 Å². The fourth-order valence-corrected chi connectivity index (χ4v) is 6.31. The van der Waals surface area contributed by atoms with Gasteiger partial charge in [0.2, 0.25) is 0 Å². The summed E-state index contributed by atoms with van der Waals surface area (Å²) in [6, 6.07) is 5.44. The molecular formula is C26H32N10O3. The summed E-state index contributed by atoms with van der Waals surface area (Å²) < 4.78 is 0. The molecule has 3 aliphatic heterocycles. The number of aromatic nitrogens is 2. The minimum atomic E-state index is -1.22. The van der Waals surface area contributed by atoms with Crippen LogP contribution in [0.2, 0.25) is 0 Å². The lowest BCUT2D eigenvalue weighted by atomic mass is 9.87. The van der Waals surface area contributed by atoms with Crippen LogP contribution in [0, 0.1) is 6.92 Å². The lowest BCUT2D eigenvalue weighted by Crippen LogP contribution is -2.73. The second-order valence-corrected chi connectivity index (χ2v) is 10.5. The van der Waals surface area contributed by atoms with Crippen LogP contribution in [0.15, 0.2) is 40.6 Å². The molecule has 8 N–H and O–H groups in total. The standard InChI is InChI=1S/C26H32N10O3/c1-13-9-17(31-12-30-13)23(39)29-10-18-20-26(35-24(27)34-20)21(37)19(11-36(26)25(28)33-18)32-22(38)16-8-4-6-14-5-2-3-7-15(14)16/h4,6,8-9,12,18-21,37H,2-3,5,7,10-11H2,1H3,(H2,28,33)(H,29,39)(H,32,38)(H3,27,34,35)/t18-,19?,20?,21+,26?/m0/s1. The zero-order valence-electron chi connectivity index (χ0n) is 21.6. The number of fused-ring (bicyclic) bond motifs is 1. The van der Waals surface area contributed by atoms with Gasteiger partial charge in [-0.1, -0.05) is 12.1 Å². The van der Waals surface area contributed by atoms with Crippen LogP contribution in [-0.2, 0) is 12.8 Å². The molecule has 1 spiro atoms. The predicted molar refractivity (Wildman–Crippen MR) is 143 cm³/mol. The average Bonchev–Trinajstić information content (AvgIpc) is 3.43. The molecule has 4 heterocycles. The third-order valence-electron chi connectivity index (χ3n) is 8.12. The Morgan fingerprint density at radius 2 is 2.00 bits per heavy atom. The minimum Gasteiger partial charge on any atom is -0.386 e. The highest BCUT2D eigenvalue weighted by atomic mass is 16.3. The number of hydrogen-bond acceptors (Lipinski definition) is 11. The molecule has 204 valence electrons. The van der Waals surface area contributed by atoms with E-state index in [9.17, 15) is 14.7 Å². The highest BCUT2D eigenvalue weighted by Gasteiger charge is 2.65. The topological polar surface area (TPSA) is 196 Å². The zero-order valence-corrected chi connectivity index (χ0v) is 21.6. The largest absolute Gasteiger partial charge is 0.386 e. The van der Waals surface area contributed by atoms with Gasteiger partial charge in [-0.05, 0) is 55.9 Å². The van der Waals surface area contributed by atoms with Crippen molar-refractivity contribution in [2.45, 2.75) is 62.5 Å². The molecule has 39 heavy (non-hydrogen) atoms. The fourth-order valence-electron chi connectivity index (χ4n) is 6.31. The highest BCUT2D eigenvalue weighted by molar-refractivity contribution is 5.97. The van der Waals surface area contributed by atoms with Gasteiger partial charge in [0.05, 0.1) is 12.1 Å². The van der Waals surface area contributed by atoms with Gasteiger partial charge in [-0.25, -0.2) is 20.0 Å². The Bertz CT molecular complexity index is 1390. The van der Waals surface area contributed by atoms with E-state index >= 15 is 0 Å². The summed E-state index contributed by atoms with van der Waals surface area (Å²) in [7, 11) is 0. The number of benzene rings is 1. The molecule has 1 saturated heterocycles. The van der Waals surface area contributed by atoms with E-state index in [-0.39, 0.29) is 36.6 Å². The third kappa shape index (κ3) is 4.13. The van der Waals surface area contributed by atoms with E-state index in [0.29, 0.717) is 11.3 Å². The van der Waals surface area contributed by atoms with Crippen molar-refractivity contribution in [2.75, 3.05) is 13.1 Å². The smallest absolute Gasteiger partial charge is 0.270 e. The maximum Gasteiger partial charge on any atom is 0.270 e. The maximum atomic E-state index is 13.4. The third-order valence-corrected chi connectivity index (χ3v) is 8.12. The molecule has 6 rings (SSSR count). The molecule has 0 saturated carbocycles. The normalized spacial score (nSPS) is 28.8. The van der Waals surface area contributed by atoms with Crippen LogP contribution in [0.3, 0.4) is 0 Å². The monoisotopic (exact) mass is 532 g/mol. The maximum absolute atomic E-state index is 13.4. The Kier molecular flexibility index (Phi) is 6.09. The molecule has 13 heteroatoms. The number of carbonyl (C=O) groups is 2. The number of carbonyl (C=O) groups excluding carboxylic acids is 2. The van der Waals surface area contributed by atoms with E-state index < -0.39 is 35.8 Å². The minimum absolute atomic E-state index is 0.0845. The van der Waals surface area contributed by atoms with E-state index in [1.54, 1.807) is 17.9 Å². The van der Waals surface area contributed by atoms with Gasteiger partial charge in [0.1, 0.15) is 24.2 Å². The summed E-state index contributed by atoms with van der Waals surface area (Å²) in [5.74, 6) is -0.344. The van der Waals surface area contributed by atoms with Crippen molar-refractivity contribution in [1.82, 2.24) is 30.8 Å². The second-order valence-electron chi connectivity index (χ2n) is 10.5. The first kappa shape index (κ1) is 25.0. The molecule has 1 aromatic heterocycles. The predicted octanol–water partition coefficient (Wildman–Crippen LogP) is -1.45. The van der Waals surface area contributed by atoms with Crippen LogP contribution in [0.5, 0.6) is 0 Å². The summed E-state index contributed by atoms with van der Waals surface area (Å²) in [5, 5.41) is 20.6. The highest BCUT2D eigenvalue weighted by Crippen LogP contribution is 2.40. The first-order valence-electron chi connectivity index (χ1n) is 13.2. The van der Waals surface area contributed by atoms with Crippen molar-refractivity contribution in [1.29, 1.82) is 0 Å². The SMILES string of the molecule is Cc1cc(C(=O)NC[C@@H]2N=C(N)N3CC(NC(=O)c4cccc5c4CCCC5)[C@@H](O)C34NC(N)=NC24)ncn1. The number of aliphatic hydroxyl groups is 1. The summed E-state index contributed by atoms with van der Waals surface area (Å²) in [5.41, 5.74) is 15.1. The van der Waals surface area contributed by atoms with Gasteiger partial charge in [-0.15, -0.1) is 0 Å². The molecular weight excluding hydrogens is 500 g/mol. The van der Waals surface area contributed by atoms with Gasteiger partial charge >= 0.3 is 0 Å². The number of guanidine groups is 2. The quantitative estimate of drug-likeness (QED) is 0.267. The number of rotatable bonds is 5. The van der Waals surface area contributed by atoms with E-state index in [1.165, 1.54) is 11.9 Å². The number of hydrogen-bond donors (Lipinski definition) is 6. The lowest BCUT2D eigenvalue weighted by molar-refractivity contribution is 0.0144. The first-order chi connectivity index (χ1) is 18.8. The van der Waals surface area contributed by atoms with Crippen molar-refractivity contribution in [2.24, 2.45) is 21.5 Å². The van der Waals surface area contributed by atoms with E-state index in [1.807, 2.05) is 12.1 Å². The van der Waals surface area contributed by atoms with Crippen molar-refractivity contribution in [3.8, 4) is 0 Å².